The van der Waals surface area contributed by atoms with Gasteiger partial charge in [-0.1, -0.05) is 19.9 Å². The van der Waals surface area contributed by atoms with E-state index in [1.54, 1.807) is 13.0 Å². The summed E-state index contributed by atoms with van der Waals surface area (Å²) in [6, 6.07) is 9.68. The summed E-state index contributed by atoms with van der Waals surface area (Å²) in [6.45, 7) is 7.67. The van der Waals surface area contributed by atoms with E-state index in [9.17, 15) is 9.90 Å². The van der Waals surface area contributed by atoms with E-state index in [1.165, 1.54) is 0 Å². The van der Waals surface area contributed by atoms with E-state index in [2.05, 4.69) is 15.2 Å². The maximum atomic E-state index is 12.7. The van der Waals surface area contributed by atoms with Crippen molar-refractivity contribution in [1.82, 2.24) is 4.98 Å². The molecule has 1 aromatic heterocycles. The lowest BCUT2D eigenvalue weighted by atomic mass is 9.94. The molecule has 2 aromatic rings. The van der Waals surface area contributed by atoms with Gasteiger partial charge in [0.05, 0.1) is 17.9 Å². The maximum Gasteiger partial charge on any atom is 0.357 e. The maximum absolute atomic E-state index is 12.7. The molecule has 8 nitrogen and oxygen atoms in total. The molecule has 3 rings (SSSR count). The van der Waals surface area contributed by atoms with Gasteiger partial charge in [-0.25, -0.2) is 9.78 Å². The number of hydrogen-bond donors (Lipinski definition) is 3. The molecule has 3 N–H and O–H groups in total. The van der Waals surface area contributed by atoms with E-state index in [0.29, 0.717) is 17.1 Å². The molecule has 0 radical (unpaired) electrons. The van der Waals surface area contributed by atoms with Gasteiger partial charge in [0.15, 0.2) is 5.69 Å². The van der Waals surface area contributed by atoms with Crippen LogP contribution in [-0.2, 0) is 4.74 Å². The topological polar surface area (TPSA) is 102 Å². The number of nitrogens with zero attached hydrogens (tertiary/aromatic N) is 3. The second kappa shape index (κ2) is 11.3. The van der Waals surface area contributed by atoms with Gasteiger partial charge >= 0.3 is 5.97 Å². The summed E-state index contributed by atoms with van der Waals surface area (Å²) in [5.74, 6) is 0.237. The van der Waals surface area contributed by atoms with Crippen LogP contribution in [0.4, 0.5) is 22.9 Å². The molecule has 0 atom stereocenters. The molecule has 0 spiro atoms. The summed E-state index contributed by atoms with van der Waals surface area (Å²) in [7, 11) is 3.96. The predicted octanol–water partition coefficient (Wildman–Crippen LogP) is 4.30. The lowest BCUT2D eigenvalue weighted by Crippen LogP contribution is -2.36. The Labute approximate surface area is 202 Å². The zero-order valence-electron chi connectivity index (χ0n) is 20.9. The van der Waals surface area contributed by atoms with Crippen LogP contribution in [0, 0.1) is 17.2 Å². The molecule has 2 heterocycles. The highest BCUT2D eigenvalue weighted by Gasteiger charge is 2.27. The van der Waals surface area contributed by atoms with Crippen molar-refractivity contribution in [1.29, 1.82) is 5.41 Å². The number of anilines is 4. The highest BCUT2D eigenvalue weighted by molar-refractivity contribution is 6.09. The van der Waals surface area contributed by atoms with Crippen LogP contribution in [0.5, 0.6) is 0 Å². The van der Waals surface area contributed by atoms with Gasteiger partial charge in [-0.15, -0.1) is 0 Å². The number of esters is 1. The van der Waals surface area contributed by atoms with Gasteiger partial charge < -0.3 is 30.4 Å². The van der Waals surface area contributed by atoms with Crippen molar-refractivity contribution in [3.05, 3.63) is 41.6 Å². The van der Waals surface area contributed by atoms with Gasteiger partial charge in [0.1, 0.15) is 5.82 Å². The summed E-state index contributed by atoms with van der Waals surface area (Å²) >= 11 is 0. The zero-order chi connectivity index (χ0) is 24.8. The Morgan fingerprint density at radius 3 is 2.59 bits per heavy atom. The fourth-order valence-corrected chi connectivity index (χ4v) is 4.09. The van der Waals surface area contributed by atoms with Crippen LogP contribution in [-0.4, -0.2) is 62.2 Å². The Kier molecular flexibility index (Phi) is 8.50. The summed E-state index contributed by atoms with van der Waals surface area (Å²) in [4.78, 5) is 21.6. The molecular weight excluding hydrogens is 430 g/mol. The molecule has 184 valence electrons. The Hall–Kier alpha value is -3.13. The number of ether oxygens (including phenoxy) is 1. The number of carbonyl (C=O) groups is 1. The van der Waals surface area contributed by atoms with Crippen LogP contribution in [0.15, 0.2) is 30.3 Å². The van der Waals surface area contributed by atoms with Crippen LogP contribution in [0.1, 0.15) is 49.7 Å². The first-order valence-corrected chi connectivity index (χ1v) is 12.0. The van der Waals surface area contributed by atoms with E-state index in [4.69, 9.17) is 10.1 Å². The third-order valence-electron chi connectivity index (χ3n) is 6.17. The van der Waals surface area contributed by atoms with Gasteiger partial charge in [-0.3, -0.25) is 0 Å². The number of pyridine rings is 1. The summed E-state index contributed by atoms with van der Waals surface area (Å²) < 4.78 is 5.27. The van der Waals surface area contributed by atoms with Crippen molar-refractivity contribution in [2.45, 2.75) is 33.6 Å². The molecule has 1 aliphatic heterocycles. The predicted molar refractivity (Wildman–Crippen MR) is 138 cm³/mol. The fraction of sp³-hybridized carbons (Fsp3) is 0.500. The molecule has 0 bridgehead atoms. The summed E-state index contributed by atoms with van der Waals surface area (Å²) in [5.41, 5.74) is 4.02. The molecule has 0 saturated carbocycles. The largest absolute Gasteiger partial charge is 0.461 e. The number of aromatic nitrogens is 1. The third-order valence-corrected chi connectivity index (χ3v) is 6.17. The molecule has 1 fully saturated rings. The summed E-state index contributed by atoms with van der Waals surface area (Å²) in [5, 5.41) is 21.9. The zero-order valence-corrected chi connectivity index (χ0v) is 20.9. The molecule has 1 saturated heterocycles. The second-order valence-corrected chi connectivity index (χ2v) is 9.22. The number of rotatable bonds is 9. The molecule has 1 aliphatic rings. The molecular formula is C26H37N5O3. The molecule has 0 aliphatic carbocycles. The van der Waals surface area contributed by atoms with Crippen LogP contribution in [0.3, 0.4) is 0 Å². The third kappa shape index (κ3) is 5.86. The van der Waals surface area contributed by atoms with Gasteiger partial charge in [0.2, 0.25) is 0 Å². The molecule has 34 heavy (non-hydrogen) atoms. The first-order chi connectivity index (χ1) is 16.2. The molecule has 1 aromatic carbocycles. The number of aliphatic hydroxyl groups is 1. The first kappa shape index (κ1) is 25.5. The van der Waals surface area contributed by atoms with Crippen LogP contribution < -0.4 is 15.1 Å². The smallest absolute Gasteiger partial charge is 0.357 e. The number of piperidine rings is 1. The number of nitrogens with one attached hydrogen (secondary N) is 2. The highest BCUT2D eigenvalue weighted by Crippen LogP contribution is 2.35. The van der Waals surface area contributed by atoms with Crippen LogP contribution in [0.2, 0.25) is 0 Å². The molecule has 0 unspecified atom stereocenters. The molecule has 8 heteroatoms. The lowest BCUT2D eigenvalue weighted by Gasteiger charge is -2.35. The molecule has 0 amide bonds. The second-order valence-electron chi connectivity index (χ2n) is 9.22. The minimum absolute atomic E-state index is 0.0300. The normalized spacial score (nSPS) is 14.3. The van der Waals surface area contributed by atoms with Crippen LogP contribution in [0.25, 0.3) is 0 Å². The minimum atomic E-state index is -0.485. The summed E-state index contributed by atoms with van der Waals surface area (Å²) in [6.07, 6.45) is 1.71. The van der Waals surface area contributed by atoms with E-state index in [1.807, 2.05) is 57.1 Å². The Balaban J connectivity index is 2.14. The van der Waals surface area contributed by atoms with Crippen molar-refractivity contribution in [2.75, 3.05) is 55.5 Å². The number of benzene rings is 1. The van der Waals surface area contributed by atoms with Crippen LogP contribution >= 0.6 is 0 Å². The quantitative estimate of drug-likeness (QED) is 0.373. The average Bonchev–Trinajstić information content (AvgIpc) is 2.83. The van der Waals surface area contributed by atoms with E-state index in [0.717, 1.165) is 43.0 Å². The van der Waals surface area contributed by atoms with Gasteiger partial charge in [0, 0.05) is 50.9 Å². The fourth-order valence-electron chi connectivity index (χ4n) is 4.09. The number of hydrogen-bond acceptors (Lipinski definition) is 8. The number of carbonyl (C=O) groups excluding carboxylic acids is 1. The monoisotopic (exact) mass is 467 g/mol. The van der Waals surface area contributed by atoms with Gasteiger partial charge in [-0.2, -0.15) is 0 Å². The first-order valence-electron chi connectivity index (χ1n) is 12.0. The van der Waals surface area contributed by atoms with Crippen molar-refractivity contribution >= 4 is 34.6 Å². The highest BCUT2D eigenvalue weighted by atomic mass is 16.5. The Bertz CT molecular complexity index is 1010. The lowest BCUT2D eigenvalue weighted by molar-refractivity contribution is 0.0519. The van der Waals surface area contributed by atoms with Gasteiger partial charge in [0.25, 0.3) is 0 Å². The van der Waals surface area contributed by atoms with E-state index < -0.39 is 5.97 Å². The standard InChI is InChI=1S/C26H37N5O3/c1-6-34-26(33)21-15-22(31-12-10-18(16-32)11-13-31)23(24(27)17(2)3)25(29-21)28-19-8-7-9-20(14-19)30(4)5/h7-9,14-15,17-18,27,32H,6,10-13,16H2,1-5H3,(H,28,29). The Morgan fingerprint density at radius 2 is 2.00 bits per heavy atom. The van der Waals surface area contributed by atoms with Crippen molar-refractivity contribution in [3.63, 3.8) is 0 Å². The van der Waals surface area contributed by atoms with E-state index >= 15 is 0 Å². The number of aliphatic hydroxyl groups excluding tert-OH is 1. The van der Waals surface area contributed by atoms with Crippen molar-refractivity contribution < 1.29 is 14.6 Å². The van der Waals surface area contributed by atoms with Crippen molar-refractivity contribution in [2.24, 2.45) is 11.8 Å². The minimum Gasteiger partial charge on any atom is -0.461 e. The average molecular weight is 468 g/mol. The van der Waals surface area contributed by atoms with Gasteiger partial charge in [-0.05, 0) is 55.9 Å². The van der Waals surface area contributed by atoms with E-state index in [-0.39, 0.29) is 30.7 Å². The SMILES string of the molecule is CCOC(=O)c1cc(N2CCC(CO)CC2)c(C(=N)C(C)C)c(Nc2cccc(N(C)C)c2)n1. The van der Waals surface area contributed by atoms with Crippen molar-refractivity contribution in [3.8, 4) is 0 Å². The Morgan fingerprint density at radius 1 is 1.29 bits per heavy atom.